The smallest absolute Gasteiger partial charge is 0.410 e. The fourth-order valence-electron chi connectivity index (χ4n) is 4.08. The van der Waals surface area contributed by atoms with E-state index in [1.165, 1.54) is 17.0 Å². The van der Waals surface area contributed by atoms with Gasteiger partial charge in [0.1, 0.15) is 23.0 Å². The molecule has 210 valence electrons. The molecule has 0 radical (unpaired) electrons. The number of halogens is 1. The minimum Gasteiger partial charge on any atom is -0.477 e. The van der Waals surface area contributed by atoms with Crippen molar-refractivity contribution in [2.75, 3.05) is 19.0 Å². The van der Waals surface area contributed by atoms with Crippen LogP contribution in [-0.4, -0.2) is 58.2 Å². The Balaban J connectivity index is 1.63. The molecule has 0 saturated heterocycles. The van der Waals surface area contributed by atoms with Crippen molar-refractivity contribution in [1.82, 2.24) is 20.2 Å². The van der Waals surface area contributed by atoms with Gasteiger partial charge in [-0.25, -0.2) is 14.2 Å². The fourth-order valence-corrected chi connectivity index (χ4v) is 4.08. The monoisotopic (exact) mass is 539 g/mol. The number of hydrogen-bond acceptors (Lipinski definition) is 7. The summed E-state index contributed by atoms with van der Waals surface area (Å²) in [6.45, 7) is 9.30. The van der Waals surface area contributed by atoms with Gasteiger partial charge in [-0.2, -0.15) is 4.98 Å². The lowest BCUT2D eigenvalue weighted by molar-refractivity contribution is -0.126. The fraction of sp³-hybridized carbons (Fsp3) is 0.517. The Morgan fingerprint density at radius 3 is 2.74 bits per heavy atom. The van der Waals surface area contributed by atoms with Gasteiger partial charge in [0.2, 0.25) is 17.7 Å². The van der Waals surface area contributed by atoms with Crippen LogP contribution in [-0.2, 0) is 9.53 Å². The van der Waals surface area contributed by atoms with Crippen molar-refractivity contribution in [3.63, 3.8) is 0 Å². The first-order valence-corrected chi connectivity index (χ1v) is 13.2. The van der Waals surface area contributed by atoms with Crippen molar-refractivity contribution in [2.24, 2.45) is 5.92 Å². The number of benzene rings is 1. The van der Waals surface area contributed by atoms with Gasteiger partial charge in [-0.05, 0) is 72.1 Å². The average Bonchev–Trinajstić information content (AvgIpc) is 2.87. The van der Waals surface area contributed by atoms with Gasteiger partial charge in [0.15, 0.2) is 0 Å². The maximum atomic E-state index is 13.5. The van der Waals surface area contributed by atoms with Gasteiger partial charge in [-0.3, -0.25) is 9.69 Å². The first-order valence-electron chi connectivity index (χ1n) is 13.2. The Hall–Kier alpha value is -3.87. The van der Waals surface area contributed by atoms with Crippen LogP contribution in [0.15, 0.2) is 30.5 Å². The number of carbonyl (C=O) groups excluding carboxylic acids is 2. The normalized spacial score (nSPS) is 17.7. The number of amides is 2. The molecule has 1 fully saturated rings. The summed E-state index contributed by atoms with van der Waals surface area (Å²) in [7, 11) is 1.56. The number of hydrogen-bond donors (Lipinski definition) is 2. The van der Waals surface area contributed by atoms with Crippen LogP contribution in [0.5, 0.6) is 5.88 Å². The molecule has 0 unspecified atom stereocenters. The highest BCUT2D eigenvalue weighted by Crippen LogP contribution is 2.25. The van der Waals surface area contributed by atoms with E-state index in [1.54, 1.807) is 53.1 Å². The molecule has 3 atom stereocenters. The van der Waals surface area contributed by atoms with E-state index in [2.05, 4.69) is 32.4 Å². The summed E-state index contributed by atoms with van der Waals surface area (Å²) in [5, 5.41) is 6.04. The minimum absolute atomic E-state index is 0.0412. The predicted octanol–water partition coefficient (Wildman–Crippen LogP) is 5.04. The van der Waals surface area contributed by atoms with E-state index in [9.17, 15) is 14.0 Å². The molecular formula is C29H38FN5O4. The molecule has 9 nitrogen and oxygen atoms in total. The zero-order chi connectivity index (χ0) is 28.6. The number of ether oxygens (including phenoxy) is 2. The molecule has 3 rings (SSSR count). The van der Waals surface area contributed by atoms with Crippen molar-refractivity contribution in [3.05, 3.63) is 41.8 Å². The summed E-state index contributed by atoms with van der Waals surface area (Å²) in [4.78, 5) is 35.2. The van der Waals surface area contributed by atoms with E-state index in [0.29, 0.717) is 30.2 Å². The Kier molecular flexibility index (Phi) is 10.1. The lowest BCUT2D eigenvalue weighted by Gasteiger charge is -2.31. The molecule has 1 aromatic carbocycles. The van der Waals surface area contributed by atoms with Crippen LogP contribution >= 0.6 is 0 Å². The van der Waals surface area contributed by atoms with Crippen LogP contribution in [0.3, 0.4) is 0 Å². The second-order valence-corrected chi connectivity index (χ2v) is 10.6. The molecule has 1 saturated carbocycles. The Morgan fingerprint density at radius 1 is 1.28 bits per heavy atom. The van der Waals surface area contributed by atoms with Gasteiger partial charge >= 0.3 is 6.09 Å². The average molecular weight is 540 g/mol. The van der Waals surface area contributed by atoms with E-state index < -0.39 is 17.7 Å². The van der Waals surface area contributed by atoms with Crippen molar-refractivity contribution >= 4 is 23.6 Å². The molecule has 1 aliphatic carbocycles. The number of rotatable bonds is 7. The zero-order valence-electron chi connectivity index (χ0n) is 23.5. The van der Waals surface area contributed by atoms with Crippen LogP contribution in [0.1, 0.15) is 65.9 Å². The van der Waals surface area contributed by atoms with Crippen LogP contribution in [0, 0.1) is 23.6 Å². The standard InChI is InChI=1S/C29H38FN5O4/c1-7-38-26-21(18-31-27(34-26)33-24-13-9-11-22(30)17-24)15-14-20-10-8-12-23(16-20)32-25(36)19(2)35(6)28(37)39-29(3,4)5/h9,11,13,17-20,23H,7-8,10,12,16H2,1-6H3,(H,32,36)(H,31,33,34)/t19-,20-,23-/m0/s1. The molecule has 2 N–H and O–H groups in total. The second-order valence-electron chi connectivity index (χ2n) is 10.6. The van der Waals surface area contributed by atoms with Crippen molar-refractivity contribution in [2.45, 2.75) is 78.0 Å². The van der Waals surface area contributed by atoms with Crippen LogP contribution in [0.2, 0.25) is 0 Å². The topological polar surface area (TPSA) is 106 Å². The van der Waals surface area contributed by atoms with E-state index in [-0.39, 0.29) is 29.6 Å². The van der Waals surface area contributed by atoms with Crippen LogP contribution < -0.4 is 15.4 Å². The Bertz CT molecular complexity index is 1220. The zero-order valence-corrected chi connectivity index (χ0v) is 23.5. The van der Waals surface area contributed by atoms with Gasteiger partial charge < -0.3 is 20.1 Å². The quantitative estimate of drug-likeness (QED) is 0.475. The molecular weight excluding hydrogens is 501 g/mol. The first kappa shape index (κ1) is 29.7. The third-order valence-electron chi connectivity index (χ3n) is 6.19. The van der Waals surface area contributed by atoms with Gasteiger partial charge in [0, 0.05) is 24.7 Å². The maximum absolute atomic E-state index is 13.5. The molecule has 2 amide bonds. The van der Waals surface area contributed by atoms with Crippen molar-refractivity contribution < 1.29 is 23.5 Å². The van der Waals surface area contributed by atoms with Gasteiger partial charge in [-0.15, -0.1) is 0 Å². The summed E-state index contributed by atoms with van der Waals surface area (Å²) in [5.74, 6) is 6.55. The molecule has 0 aliphatic heterocycles. The number of likely N-dealkylation sites (N-methyl/N-ethyl adjacent to an activating group) is 1. The van der Waals surface area contributed by atoms with Gasteiger partial charge in [-0.1, -0.05) is 24.3 Å². The van der Waals surface area contributed by atoms with E-state index in [0.717, 1.165) is 19.3 Å². The lowest BCUT2D eigenvalue weighted by Crippen LogP contribution is -2.50. The molecule has 0 spiro atoms. The number of nitrogens with zero attached hydrogens (tertiary/aromatic N) is 3. The number of carbonyl (C=O) groups is 2. The van der Waals surface area contributed by atoms with E-state index >= 15 is 0 Å². The molecule has 1 aromatic heterocycles. The second kappa shape index (κ2) is 13.3. The highest BCUT2D eigenvalue weighted by molar-refractivity contribution is 5.85. The Morgan fingerprint density at radius 2 is 2.05 bits per heavy atom. The molecule has 10 heteroatoms. The number of nitrogens with one attached hydrogen (secondary N) is 2. The number of anilines is 2. The SMILES string of the molecule is CCOc1nc(Nc2cccc(F)c2)ncc1C#C[C@@H]1CCC[C@H](NC(=O)[C@H](C)N(C)C(=O)OC(C)(C)C)C1. The number of aromatic nitrogens is 2. The summed E-state index contributed by atoms with van der Waals surface area (Å²) in [6, 6.07) is 5.32. The largest absolute Gasteiger partial charge is 0.477 e. The van der Waals surface area contributed by atoms with Crippen LogP contribution in [0.4, 0.5) is 20.8 Å². The van der Waals surface area contributed by atoms with Gasteiger partial charge in [0.05, 0.1) is 12.8 Å². The highest BCUT2D eigenvalue weighted by Gasteiger charge is 2.29. The Labute approximate surface area is 229 Å². The molecule has 0 bridgehead atoms. The molecule has 1 aliphatic rings. The molecule has 39 heavy (non-hydrogen) atoms. The summed E-state index contributed by atoms with van der Waals surface area (Å²) in [6.07, 6.45) is 4.43. The van der Waals surface area contributed by atoms with E-state index in [1.807, 2.05) is 6.92 Å². The maximum Gasteiger partial charge on any atom is 0.410 e. The van der Waals surface area contributed by atoms with Crippen molar-refractivity contribution in [1.29, 1.82) is 0 Å². The molecule has 1 heterocycles. The van der Waals surface area contributed by atoms with E-state index in [4.69, 9.17) is 9.47 Å². The van der Waals surface area contributed by atoms with Crippen LogP contribution in [0.25, 0.3) is 0 Å². The highest BCUT2D eigenvalue weighted by atomic mass is 19.1. The van der Waals surface area contributed by atoms with Crippen molar-refractivity contribution in [3.8, 4) is 17.7 Å². The van der Waals surface area contributed by atoms with Gasteiger partial charge in [0.25, 0.3) is 0 Å². The first-order chi connectivity index (χ1) is 18.4. The third-order valence-corrected chi connectivity index (χ3v) is 6.19. The summed E-state index contributed by atoms with van der Waals surface area (Å²) in [5.41, 5.74) is 0.445. The minimum atomic E-state index is -0.670. The predicted molar refractivity (Wildman–Crippen MR) is 147 cm³/mol. The summed E-state index contributed by atoms with van der Waals surface area (Å²) >= 11 is 0. The molecule has 2 aromatic rings. The third kappa shape index (κ3) is 9.13. The lowest BCUT2D eigenvalue weighted by atomic mass is 9.86. The summed E-state index contributed by atoms with van der Waals surface area (Å²) < 4.78 is 24.6.